The first-order valence-corrected chi connectivity index (χ1v) is 8.07. The molecule has 3 heteroatoms. The second-order valence-corrected chi connectivity index (χ2v) is 6.08. The molecule has 22 heavy (non-hydrogen) atoms. The zero-order valence-corrected chi connectivity index (χ0v) is 12.6. The molecule has 3 nitrogen and oxygen atoms in total. The van der Waals surface area contributed by atoms with Crippen LogP contribution in [0.2, 0.25) is 0 Å². The summed E-state index contributed by atoms with van der Waals surface area (Å²) >= 11 is 0. The highest BCUT2D eigenvalue weighted by Crippen LogP contribution is 2.43. The quantitative estimate of drug-likeness (QED) is 0.912. The van der Waals surface area contributed by atoms with Crippen LogP contribution in [0.4, 0.5) is 0 Å². The molecule has 1 N–H and O–H groups in total. The summed E-state index contributed by atoms with van der Waals surface area (Å²) < 4.78 is 11.3. The molecule has 1 fully saturated rings. The second-order valence-electron chi connectivity index (χ2n) is 6.08. The van der Waals surface area contributed by atoms with Crippen LogP contribution in [-0.2, 0) is 6.54 Å². The smallest absolute Gasteiger partial charge is 0.161 e. The Hall–Kier alpha value is -2.00. The number of hydrogen-bond acceptors (Lipinski definition) is 3. The molecule has 1 unspecified atom stereocenters. The van der Waals surface area contributed by atoms with Gasteiger partial charge in [-0.25, -0.2) is 0 Å². The number of ether oxygens (including phenoxy) is 2. The van der Waals surface area contributed by atoms with Gasteiger partial charge in [0.1, 0.15) is 13.2 Å². The SMILES string of the molecule is c1ccc(CNC(c2ccc3c(c2)OCCO3)C2CC2)cc1. The maximum Gasteiger partial charge on any atom is 0.161 e. The lowest BCUT2D eigenvalue weighted by molar-refractivity contribution is 0.171. The molecule has 1 aliphatic heterocycles. The fraction of sp³-hybridized carbons (Fsp3) is 0.368. The van der Waals surface area contributed by atoms with Crippen molar-refractivity contribution >= 4 is 0 Å². The zero-order chi connectivity index (χ0) is 14.8. The summed E-state index contributed by atoms with van der Waals surface area (Å²) in [6.07, 6.45) is 2.61. The van der Waals surface area contributed by atoms with Gasteiger partial charge in [0.15, 0.2) is 11.5 Å². The molecule has 1 saturated carbocycles. The van der Waals surface area contributed by atoms with E-state index < -0.39 is 0 Å². The molecular weight excluding hydrogens is 274 g/mol. The van der Waals surface area contributed by atoms with Crippen molar-refractivity contribution in [1.82, 2.24) is 5.32 Å². The Morgan fingerprint density at radius 3 is 2.50 bits per heavy atom. The first-order valence-electron chi connectivity index (χ1n) is 8.07. The van der Waals surface area contributed by atoms with E-state index in [2.05, 4.69) is 47.8 Å². The lowest BCUT2D eigenvalue weighted by atomic mass is 10.0. The van der Waals surface area contributed by atoms with Crippen LogP contribution in [0.1, 0.15) is 30.0 Å². The lowest BCUT2D eigenvalue weighted by Gasteiger charge is -2.23. The molecule has 0 spiro atoms. The van der Waals surface area contributed by atoms with Crippen LogP contribution in [0.15, 0.2) is 48.5 Å². The molecule has 1 heterocycles. The third kappa shape index (κ3) is 2.95. The predicted molar refractivity (Wildman–Crippen MR) is 86.2 cm³/mol. The number of benzene rings is 2. The summed E-state index contributed by atoms with van der Waals surface area (Å²) in [4.78, 5) is 0. The minimum Gasteiger partial charge on any atom is -0.486 e. The van der Waals surface area contributed by atoms with Gasteiger partial charge in [-0.2, -0.15) is 0 Å². The molecule has 2 aromatic carbocycles. The third-order valence-electron chi connectivity index (χ3n) is 4.39. The Labute approximate surface area is 131 Å². The molecule has 0 radical (unpaired) electrons. The van der Waals surface area contributed by atoms with Crippen molar-refractivity contribution in [2.75, 3.05) is 13.2 Å². The maximum atomic E-state index is 5.72. The van der Waals surface area contributed by atoms with Crippen molar-refractivity contribution in [3.63, 3.8) is 0 Å². The first-order chi connectivity index (χ1) is 10.9. The average Bonchev–Trinajstić information content (AvgIpc) is 3.41. The van der Waals surface area contributed by atoms with Crippen LogP contribution in [0.5, 0.6) is 11.5 Å². The van der Waals surface area contributed by atoms with E-state index in [0.29, 0.717) is 19.3 Å². The fourth-order valence-electron chi connectivity index (χ4n) is 3.06. The van der Waals surface area contributed by atoms with Crippen LogP contribution in [-0.4, -0.2) is 13.2 Å². The van der Waals surface area contributed by atoms with E-state index in [0.717, 1.165) is 24.0 Å². The van der Waals surface area contributed by atoms with Crippen molar-refractivity contribution in [3.8, 4) is 11.5 Å². The van der Waals surface area contributed by atoms with E-state index in [1.165, 1.54) is 24.0 Å². The summed E-state index contributed by atoms with van der Waals surface area (Å²) in [5.41, 5.74) is 2.63. The molecule has 0 bridgehead atoms. The van der Waals surface area contributed by atoms with E-state index in [1.807, 2.05) is 6.07 Å². The monoisotopic (exact) mass is 295 g/mol. The Morgan fingerprint density at radius 2 is 1.73 bits per heavy atom. The molecule has 0 aromatic heterocycles. The number of nitrogens with one attached hydrogen (secondary N) is 1. The van der Waals surface area contributed by atoms with Gasteiger partial charge >= 0.3 is 0 Å². The van der Waals surface area contributed by atoms with Crippen molar-refractivity contribution in [2.45, 2.75) is 25.4 Å². The van der Waals surface area contributed by atoms with E-state index in [9.17, 15) is 0 Å². The summed E-state index contributed by atoms with van der Waals surface area (Å²) in [6.45, 7) is 2.18. The highest BCUT2D eigenvalue weighted by atomic mass is 16.6. The van der Waals surface area contributed by atoms with Crippen LogP contribution in [0.25, 0.3) is 0 Å². The normalized spacial score (nSPS) is 18.0. The third-order valence-corrected chi connectivity index (χ3v) is 4.39. The average molecular weight is 295 g/mol. The van der Waals surface area contributed by atoms with E-state index in [1.54, 1.807) is 0 Å². The highest BCUT2D eigenvalue weighted by Gasteiger charge is 2.32. The van der Waals surface area contributed by atoms with Crippen molar-refractivity contribution in [2.24, 2.45) is 5.92 Å². The van der Waals surface area contributed by atoms with Gasteiger partial charge in [0.05, 0.1) is 0 Å². The Balaban J connectivity index is 1.52. The molecule has 0 amide bonds. The van der Waals surface area contributed by atoms with Gasteiger partial charge in [-0.15, -0.1) is 0 Å². The van der Waals surface area contributed by atoms with Crippen LogP contribution in [0.3, 0.4) is 0 Å². The first kappa shape index (κ1) is 13.6. The van der Waals surface area contributed by atoms with Crippen LogP contribution < -0.4 is 14.8 Å². The maximum absolute atomic E-state index is 5.72. The Morgan fingerprint density at radius 1 is 0.955 bits per heavy atom. The van der Waals surface area contributed by atoms with E-state index in [4.69, 9.17) is 9.47 Å². The highest BCUT2D eigenvalue weighted by molar-refractivity contribution is 5.45. The Bertz CT molecular complexity index is 637. The van der Waals surface area contributed by atoms with Crippen LogP contribution in [0, 0.1) is 5.92 Å². The number of hydrogen-bond donors (Lipinski definition) is 1. The van der Waals surface area contributed by atoms with Gasteiger partial charge < -0.3 is 14.8 Å². The van der Waals surface area contributed by atoms with Gasteiger partial charge in [-0.05, 0) is 42.0 Å². The summed E-state index contributed by atoms with van der Waals surface area (Å²) in [5, 5.41) is 3.72. The summed E-state index contributed by atoms with van der Waals surface area (Å²) in [6, 6.07) is 17.3. The standard InChI is InChI=1S/C19H21NO2/c1-2-4-14(5-3-1)13-20-19(15-6-7-15)16-8-9-17-18(12-16)22-11-10-21-17/h1-5,8-9,12,15,19-20H,6-7,10-11,13H2. The lowest BCUT2D eigenvalue weighted by Crippen LogP contribution is -2.23. The van der Waals surface area contributed by atoms with E-state index >= 15 is 0 Å². The molecule has 4 rings (SSSR count). The molecule has 1 atom stereocenters. The topological polar surface area (TPSA) is 30.5 Å². The van der Waals surface area contributed by atoms with Crippen molar-refractivity contribution in [3.05, 3.63) is 59.7 Å². The minimum absolute atomic E-state index is 0.399. The van der Waals surface area contributed by atoms with Gasteiger partial charge in [0, 0.05) is 12.6 Å². The molecular formula is C19H21NO2. The van der Waals surface area contributed by atoms with Crippen LogP contribution >= 0.6 is 0 Å². The van der Waals surface area contributed by atoms with Gasteiger partial charge in [-0.1, -0.05) is 36.4 Å². The number of fused-ring (bicyclic) bond motifs is 1. The molecule has 114 valence electrons. The molecule has 2 aromatic rings. The van der Waals surface area contributed by atoms with Crippen molar-refractivity contribution in [1.29, 1.82) is 0 Å². The molecule has 1 aliphatic carbocycles. The largest absolute Gasteiger partial charge is 0.486 e. The molecule has 0 saturated heterocycles. The summed E-state index contributed by atoms with van der Waals surface area (Å²) in [7, 11) is 0. The zero-order valence-electron chi connectivity index (χ0n) is 12.6. The minimum atomic E-state index is 0.399. The molecule has 2 aliphatic rings. The van der Waals surface area contributed by atoms with Gasteiger partial charge in [-0.3, -0.25) is 0 Å². The van der Waals surface area contributed by atoms with E-state index in [-0.39, 0.29) is 0 Å². The Kier molecular flexibility index (Phi) is 3.73. The second kappa shape index (κ2) is 6.01. The number of rotatable bonds is 5. The predicted octanol–water partition coefficient (Wildman–Crippen LogP) is 3.70. The summed E-state index contributed by atoms with van der Waals surface area (Å²) in [5.74, 6) is 2.50. The van der Waals surface area contributed by atoms with Gasteiger partial charge in [0.25, 0.3) is 0 Å². The van der Waals surface area contributed by atoms with Crippen molar-refractivity contribution < 1.29 is 9.47 Å². The fourth-order valence-corrected chi connectivity index (χ4v) is 3.06. The van der Waals surface area contributed by atoms with Gasteiger partial charge in [0.2, 0.25) is 0 Å².